The van der Waals surface area contributed by atoms with E-state index in [0.29, 0.717) is 0 Å². The van der Waals surface area contributed by atoms with Crippen LogP contribution in [0.5, 0.6) is 0 Å². The summed E-state index contributed by atoms with van der Waals surface area (Å²) in [6.07, 6.45) is 0. The molecule has 0 saturated carbocycles. The minimum atomic E-state index is 0.845. The molecule has 1 rings (SSSR count). The second-order valence-corrected chi connectivity index (χ2v) is 3.56. The molecule has 0 saturated heterocycles. The van der Waals surface area contributed by atoms with E-state index in [-0.39, 0.29) is 0 Å². The van der Waals surface area contributed by atoms with Crippen molar-refractivity contribution >= 4 is 37.9 Å². The third-order valence-corrected chi connectivity index (χ3v) is 2.75. The fraction of sp³-hybridized carbons (Fsp3) is 0.143. The van der Waals surface area contributed by atoms with E-state index >= 15 is 0 Å². The highest BCUT2D eigenvalue weighted by Crippen LogP contribution is 2.26. The highest BCUT2D eigenvalue weighted by Gasteiger charge is 1.98. The summed E-state index contributed by atoms with van der Waals surface area (Å²) in [7, 11) is 0. The number of thiol groups is 3. The quantitative estimate of drug-likeness (QED) is 0.512. The smallest absolute Gasteiger partial charge is 0.0308 e. The van der Waals surface area contributed by atoms with Gasteiger partial charge in [0.05, 0.1) is 0 Å². The monoisotopic (exact) mass is 188 g/mol. The highest BCUT2D eigenvalue weighted by atomic mass is 32.1. The normalized spacial score (nSPS) is 10.0. The van der Waals surface area contributed by atoms with Crippen molar-refractivity contribution in [2.45, 2.75) is 21.6 Å². The first-order valence-corrected chi connectivity index (χ1v) is 4.17. The molecule has 0 radical (unpaired) electrons. The van der Waals surface area contributed by atoms with Gasteiger partial charge in [0.1, 0.15) is 0 Å². The lowest BCUT2D eigenvalue weighted by Gasteiger charge is -2.02. The Morgan fingerprint density at radius 1 is 1.00 bits per heavy atom. The molecule has 1 aromatic carbocycles. The second-order valence-electron chi connectivity index (χ2n) is 2.15. The minimum Gasteiger partial charge on any atom is -0.142 e. The van der Waals surface area contributed by atoms with Gasteiger partial charge in [0, 0.05) is 14.7 Å². The van der Waals surface area contributed by atoms with Crippen molar-refractivity contribution in [3.63, 3.8) is 0 Å². The Labute approximate surface area is 77.3 Å². The summed E-state index contributed by atoms with van der Waals surface area (Å²) in [5.74, 6) is 0. The van der Waals surface area contributed by atoms with Crippen LogP contribution in [0.25, 0.3) is 0 Å². The van der Waals surface area contributed by atoms with Gasteiger partial charge < -0.3 is 0 Å². The fourth-order valence-corrected chi connectivity index (χ4v) is 1.61. The molecule has 0 unspecified atom stereocenters. The number of hydrogen-bond donors (Lipinski definition) is 3. The lowest BCUT2D eigenvalue weighted by molar-refractivity contribution is 1.11. The van der Waals surface area contributed by atoms with Crippen molar-refractivity contribution in [3.8, 4) is 0 Å². The Kier molecular flexibility index (Phi) is 2.61. The van der Waals surface area contributed by atoms with Gasteiger partial charge in [-0.3, -0.25) is 0 Å². The molecular formula is C7H8S3. The van der Waals surface area contributed by atoms with Gasteiger partial charge in [0.25, 0.3) is 0 Å². The molecule has 0 bridgehead atoms. The molecule has 0 heterocycles. The van der Waals surface area contributed by atoms with Crippen molar-refractivity contribution < 1.29 is 0 Å². The molecule has 3 heteroatoms. The van der Waals surface area contributed by atoms with E-state index in [9.17, 15) is 0 Å². The van der Waals surface area contributed by atoms with Gasteiger partial charge in [-0.2, -0.15) is 0 Å². The maximum absolute atomic E-state index is 4.21. The van der Waals surface area contributed by atoms with Gasteiger partial charge >= 0.3 is 0 Å². The van der Waals surface area contributed by atoms with Crippen LogP contribution < -0.4 is 0 Å². The minimum absolute atomic E-state index is 0.845. The molecule has 0 atom stereocenters. The summed E-state index contributed by atoms with van der Waals surface area (Å²) in [4.78, 5) is 2.61. The van der Waals surface area contributed by atoms with E-state index in [1.54, 1.807) is 0 Å². The molecular weight excluding hydrogens is 180 g/mol. The Hall–Kier alpha value is 0.270. The van der Waals surface area contributed by atoms with Crippen molar-refractivity contribution in [1.82, 2.24) is 0 Å². The van der Waals surface area contributed by atoms with Crippen LogP contribution in [0.15, 0.2) is 26.8 Å². The Balaban J connectivity index is 3.31. The second kappa shape index (κ2) is 3.11. The van der Waals surface area contributed by atoms with Crippen LogP contribution in [0.3, 0.4) is 0 Å². The molecule has 0 fully saturated rings. The molecule has 0 aliphatic carbocycles. The average molecular weight is 188 g/mol. The Morgan fingerprint density at radius 3 is 1.80 bits per heavy atom. The highest BCUT2D eigenvalue weighted by molar-refractivity contribution is 7.85. The summed E-state index contributed by atoms with van der Waals surface area (Å²) < 4.78 is 0. The van der Waals surface area contributed by atoms with Crippen LogP contribution in [0.4, 0.5) is 0 Å². The van der Waals surface area contributed by atoms with Gasteiger partial charge in [-0.1, -0.05) is 0 Å². The van der Waals surface area contributed by atoms with Crippen LogP contribution in [0, 0.1) is 6.92 Å². The van der Waals surface area contributed by atoms with Gasteiger partial charge in [0.15, 0.2) is 0 Å². The summed E-state index contributed by atoms with van der Waals surface area (Å²) in [5.41, 5.74) is 1.16. The van der Waals surface area contributed by atoms with Crippen LogP contribution in [-0.4, -0.2) is 0 Å². The number of rotatable bonds is 0. The number of aryl methyl sites for hydroxylation is 1. The van der Waals surface area contributed by atoms with E-state index < -0.39 is 0 Å². The maximum atomic E-state index is 4.21. The molecule has 0 aliphatic heterocycles. The van der Waals surface area contributed by atoms with Crippen LogP contribution in [0.2, 0.25) is 0 Å². The summed E-state index contributed by atoms with van der Waals surface area (Å²) in [6, 6.07) is 3.93. The van der Waals surface area contributed by atoms with Crippen molar-refractivity contribution in [1.29, 1.82) is 0 Å². The van der Waals surface area contributed by atoms with E-state index in [4.69, 9.17) is 0 Å². The van der Waals surface area contributed by atoms with E-state index in [0.717, 1.165) is 20.2 Å². The topological polar surface area (TPSA) is 0 Å². The lowest BCUT2D eigenvalue weighted by Crippen LogP contribution is -1.77. The fourth-order valence-electron chi connectivity index (χ4n) is 0.741. The van der Waals surface area contributed by atoms with Gasteiger partial charge in [-0.25, -0.2) is 0 Å². The van der Waals surface area contributed by atoms with Crippen LogP contribution >= 0.6 is 37.9 Å². The van der Waals surface area contributed by atoms with Crippen molar-refractivity contribution in [2.24, 2.45) is 0 Å². The first-order valence-electron chi connectivity index (χ1n) is 2.83. The van der Waals surface area contributed by atoms with E-state index in [1.165, 1.54) is 0 Å². The molecule has 0 spiro atoms. The SMILES string of the molecule is Cc1cc(S)c(S)c(S)c1. The first-order chi connectivity index (χ1) is 4.61. The first kappa shape index (κ1) is 8.37. The van der Waals surface area contributed by atoms with Gasteiger partial charge in [-0.05, 0) is 24.6 Å². The zero-order valence-electron chi connectivity index (χ0n) is 5.50. The zero-order chi connectivity index (χ0) is 7.72. The van der Waals surface area contributed by atoms with Crippen molar-refractivity contribution in [3.05, 3.63) is 17.7 Å². The van der Waals surface area contributed by atoms with Crippen LogP contribution in [0.1, 0.15) is 5.56 Å². The lowest BCUT2D eigenvalue weighted by atomic mass is 10.2. The number of benzene rings is 1. The molecule has 0 nitrogen and oxygen atoms in total. The number of hydrogen-bond acceptors (Lipinski definition) is 3. The van der Waals surface area contributed by atoms with Crippen molar-refractivity contribution in [2.75, 3.05) is 0 Å². The largest absolute Gasteiger partial charge is 0.142 e. The van der Waals surface area contributed by atoms with Gasteiger partial charge in [0.2, 0.25) is 0 Å². The molecule has 1 aromatic rings. The summed E-state index contributed by atoms with van der Waals surface area (Å²) in [5, 5.41) is 0. The summed E-state index contributed by atoms with van der Waals surface area (Å²) >= 11 is 12.6. The van der Waals surface area contributed by atoms with E-state index in [1.807, 2.05) is 19.1 Å². The predicted octanol–water partition coefficient (Wildman–Crippen LogP) is 2.86. The predicted molar refractivity (Wildman–Crippen MR) is 52.9 cm³/mol. The third-order valence-electron chi connectivity index (χ3n) is 1.21. The maximum Gasteiger partial charge on any atom is 0.0308 e. The van der Waals surface area contributed by atoms with Gasteiger partial charge in [-0.15, -0.1) is 37.9 Å². The Bertz CT molecular complexity index is 232. The summed E-state index contributed by atoms with van der Waals surface area (Å²) in [6.45, 7) is 2.01. The molecule has 0 N–H and O–H groups in total. The van der Waals surface area contributed by atoms with Crippen LogP contribution in [-0.2, 0) is 0 Å². The molecule has 10 heavy (non-hydrogen) atoms. The van der Waals surface area contributed by atoms with E-state index in [2.05, 4.69) is 37.9 Å². The molecule has 0 amide bonds. The standard InChI is InChI=1S/C7H8S3/c1-4-2-5(8)7(10)6(9)3-4/h2-3,8-10H,1H3. The molecule has 0 aliphatic rings. The molecule has 54 valence electrons. The zero-order valence-corrected chi connectivity index (χ0v) is 8.18. The average Bonchev–Trinajstić information content (AvgIpc) is 1.82. The third kappa shape index (κ3) is 1.65. The molecule has 0 aromatic heterocycles. The Morgan fingerprint density at radius 2 is 1.40 bits per heavy atom.